The Bertz CT molecular complexity index is 614. The number of ether oxygens (including phenoxy) is 2. The number of guanidine groups is 1. The Morgan fingerprint density at radius 1 is 1.24 bits per heavy atom. The molecule has 166 valence electrons. The number of aryl methyl sites for hydroxylation is 2. The summed E-state index contributed by atoms with van der Waals surface area (Å²) in [4.78, 5) is 6.78. The zero-order valence-corrected chi connectivity index (χ0v) is 20.5. The molecule has 1 aromatic rings. The van der Waals surface area contributed by atoms with Crippen LogP contribution in [0.15, 0.2) is 23.2 Å². The normalized spacial score (nSPS) is 17.2. The SMILES string of the molecule is CCNC(=NCC(C)(O)CN1CCOCC1)NCCOc1c(C)cccc1C.I. The first kappa shape index (κ1) is 25.9. The van der Waals surface area contributed by atoms with Crippen LogP contribution in [0.4, 0.5) is 0 Å². The maximum absolute atomic E-state index is 10.7. The Morgan fingerprint density at radius 2 is 1.90 bits per heavy atom. The quantitative estimate of drug-likeness (QED) is 0.200. The van der Waals surface area contributed by atoms with Gasteiger partial charge in [-0.2, -0.15) is 0 Å². The molecule has 1 heterocycles. The number of halogens is 1. The number of hydrogen-bond acceptors (Lipinski definition) is 5. The summed E-state index contributed by atoms with van der Waals surface area (Å²) in [6.45, 7) is 14.0. The van der Waals surface area contributed by atoms with Crippen molar-refractivity contribution in [1.29, 1.82) is 0 Å². The molecule has 1 fully saturated rings. The number of aliphatic hydroxyl groups is 1. The van der Waals surface area contributed by atoms with Crippen LogP contribution >= 0.6 is 24.0 Å². The molecule has 1 aromatic carbocycles. The summed E-state index contributed by atoms with van der Waals surface area (Å²) < 4.78 is 11.3. The number of nitrogens with one attached hydrogen (secondary N) is 2. The number of nitrogens with zero attached hydrogens (tertiary/aromatic N) is 2. The van der Waals surface area contributed by atoms with Gasteiger partial charge in [0.1, 0.15) is 12.4 Å². The van der Waals surface area contributed by atoms with E-state index in [1.807, 2.05) is 19.9 Å². The second kappa shape index (κ2) is 13.3. The Morgan fingerprint density at radius 3 is 2.52 bits per heavy atom. The van der Waals surface area contributed by atoms with Gasteiger partial charge in [0.2, 0.25) is 0 Å². The Hall–Kier alpha value is -1.10. The fraction of sp³-hybridized carbons (Fsp3) is 0.667. The first-order valence-corrected chi connectivity index (χ1v) is 10.1. The average Bonchev–Trinajstić information content (AvgIpc) is 2.65. The molecule has 0 saturated carbocycles. The van der Waals surface area contributed by atoms with Crippen molar-refractivity contribution in [3.05, 3.63) is 29.3 Å². The zero-order valence-electron chi connectivity index (χ0n) is 18.2. The first-order valence-electron chi connectivity index (χ1n) is 10.1. The topological polar surface area (TPSA) is 78.4 Å². The Kier molecular flexibility index (Phi) is 11.9. The van der Waals surface area contributed by atoms with Gasteiger partial charge in [-0.25, -0.2) is 0 Å². The number of morpholine rings is 1. The molecule has 1 saturated heterocycles. The third kappa shape index (κ3) is 9.50. The molecule has 0 aliphatic carbocycles. The molecular formula is C21H37IN4O3. The van der Waals surface area contributed by atoms with Gasteiger partial charge in [-0.05, 0) is 38.8 Å². The molecular weight excluding hydrogens is 483 g/mol. The number of rotatable bonds is 9. The molecule has 0 aromatic heterocycles. The van der Waals surface area contributed by atoms with E-state index in [-0.39, 0.29) is 24.0 Å². The number of β-amino-alcohol motifs (C(OH)–C–C–N with tert-alkyl or cyclic N) is 1. The lowest BCUT2D eigenvalue weighted by Crippen LogP contribution is -2.48. The van der Waals surface area contributed by atoms with E-state index in [9.17, 15) is 5.11 Å². The summed E-state index contributed by atoms with van der Waals surface area (Å²) >= 11 is 0. The highest BCUT2D eigenvalue weighted by Crippen LogP contribution is 2.21. The Labute approximate surface area is 192 Å². The smallest absolute Gasteiger partial charge is 0.191 e. The minimum atomic E-state index is -0.881. The molecule has 1 aliphatic rings. The molecule has 3 N–H and O–H groups in total. The lowest BCUT2D eigenvalue weighted by Gasteiger charge is -2.33. The van der Waals surface area contributed by atoms with E-state index < -0.39 is 5.60 Å². The second-order valence-corrected chi connectivity index (χ2v) is 7.58. The maximum Gasteiger partial charge on any atom is 0.191 e. The molecule has 1 aliphatic heterocycles. The third-order valence-corrected chi connectivity index (χ3v) is 4.64. The van der Waals surface area contributed by atoms with Crippen LogP contribution in [0.5, 0.6) is 5.75 Å². The standard InChI is InChI=1S/C21H36N4O3.HI/c1-5-22-20(23-9-12-28-19-17(2)7-6-8-18(19)3)24-15-21(4,26)16-25-10-13-27-14-11-25;/h6-8,26H,5,9-16H2,1-4H3,(H2,22,23,24);1H. The molecule has 7 nitrogen and oxygen atoms in total. The van der Waals surface area contributed by atoms with E-state index >= 15 is 0 Å². The van der Waals surface area contributed by atoms with Crippen LogP contribution in [0.3, 0.4) is 0 Å². The van der Waals surface area contributed by atoms with Crippen molar-refractivity contribution in [2.45, 2.75) is 33.3 Å². The highest BCUT2D eigenvalue weighted by atomic mass is 127. The summed E-state index contributed by atoms with van der Waals surface area (Å²) in [6.07, 6.45) is 0. The maximum atomic E-state index is 10.7. The number of para-hydroxylation sites is 1. The van der Waals surface area contributed by atoms with Crippen LogP contribution < -0.4 is 15.4 Å². The van der Waals surface area contributed by atoms with Crippen molar-refractivity contribution in [2.24, 2.45) is 4.99 Å². The van der Waals surface area contributed by atoms with Gasteiger partial charge in [0.05, 0.1) is 31.9 Å². The van der Waals surface area contributed by atoms with E-state index in [0.29, 0.717) is 32.2 Å². The summed E-state index contributed by atoms with van der Waals surface area (Å²) in [5.74, 6) is 1.63. The van der Waals surface area contributed by atoms with Crippen molar-refractivity contribution in [2.75, 3.05) is 59.1 Å². The van der Waals surface area contributed by atoms with Gasteiger partial charge < -0.3 is 25.2 Å². The molecule has 1 unspecified atom stereocenters. The van der Waals surface area contributed by atoms with E-state index in [1.165, 1.54) is 0 Å². The van der Waals surface area contributed by atoms with Crippen molar-refractivity contribution >= 4 is 29.9 Å². The average molecular weight is 520 g/mol. The predicted octanol–water partition coefficient (Wildman–Crippen LogP) is 1.94. The van der Waals surface area contributed by atoms with Crippen LogP contribution in [0.1, 0.15) is 25.0 Å². The largest absolute Gasteiger partial charge is 0.491 e. The van der Waals surface area contributed by atoms with Crippen molar-refractivity contribution < 1.29 is 14.6 Å². The van der Waals surface area contributed by atoms with E-state index in [1.54, 1.807) is 0 Å². The number of aliphatic imine (C=N–C) groups is 1. The van der Waals surface area contributed by atoms with Crippen molar-refractivity contribution in [1.82, 2.24) is 15.5 Å². The molecule has 2 rings (SSSR count). The van der Waals surface area contributed by atoms with Crippen molar-refractivity contribution in [3.8, 4) is 5.75 Å². The summed E-state index contributed by atoms with van der Waals surface area (Å²) in [5, 5.41) is 17.2. The van der Waals surface area contributed by atoms with E-state index in [0.717, 1.165) is 49.7 Å². The predicted molar refractivity (Wildman–Crippen MR) is 129 cm³/mol. The van der Waals surface area contributed by atoms with Gasteiger partial charge in [0.15, 0.2) is 5.96 Å². The second-order valence-electron chi connectivity index (χ2n) is 7.58. The summed E-state index contributed by atoms with van der Waals surface area (Å²) in [6, 6.07) is 6.14. The van der Waals surface area contributed by atoms with Crippen LogP contribution in [0.25, 0.3) is 0 Å². The van der Waals surface area contributed by atoms with E-state index in [2.05, 4.69) is 46.5 Å². The third-order valence-electron chi connectivity index (χ3n) is 4.64. The molecule has 0 spiro atoms. The monoisotopic (exact) mass is 520 g/mol. The fourth-order valence-electron chi connectivity index (χ4n) is 3.23. The van der Waals surface area contributed by atoms with Gasteiger partial charge in [-0.3, -0.25) is 9.89 Å². The lowest BCUT2D eigenvalue weighted by molar-refractivity contribution is -0.0179. The fourth-order valence-corrected chi connectivity index (χ4v) is 3.23. The first-order chi connectivity index (χ1) is 13.4. The minimum Gasteiger partial charge on any atom is -0.491 e. The zero-order chi connectivity index (χ0) is 20.4. The van der Waals surface area contributed by atoms with Gasteiger partial charge in [0, 0.05) is 26.2 Å². The van der Waals surface area contributed by atoms with E-state index in [4.69, 9.17) is 9.47 Å². The lowest BCUT2D eigenvalue weighted by atomic mass is 10.1. The highest BCUT2D eigenvalue weighted by Gasteiger charge is 2.25. The van der Waals surface area contributed by atoms with Crippen LogP contribution in [-0.4, -0.2) is 80.7 Å². The van der Waals surface area contributed by atoms with Crippen LogP contribution in [0.2, 0.25) is 0 Å². The molecule has 1 atom stereocenters. The Balaban J connectivity index is 0.00000420. The van der Waals surface area contributed by atoms with Crippen LogP contribution in [0, 0.1) is 13.8 Å². The molecule has 0 bridgehead atoms. The molecule has 0 amide bonds. The number of hydrogen-bond donors (Lipinski definition) is 3. The molecule has 8 heteroatoms. The summed E-state index contributed by atoms with van der Waals surface area (Å²) in [5.41, 5.74) is 1.40. The number of benzene rings is 1. The van der Waals surface area contributed by atoms with Gasteiger partial charge >= 0.3 is 0 Å². The minimum absolute atomic E-state index is 0. The molecule has 29 heavy (non-hydrogen) atoms. The van der Waals surface area contributed by atoms with Crippen LogP contribution in [-0.2, 0) is 4.74 Å². The van der Waals surface area contributed by atoms with Gasteiger partial charge in [0.25, 0.3) is 0 Å². The molecule has 0 radical (unpaired) electrons. The van der Waals surface area contributed by atoms with Gasteiger partial charge in [-0.1, -0.05) is 18.2 Å². The van der Waals surface area contributed by atoms with Crippen molar-refractivity contribution in [3.63, 3.8) is 0 Å². The van der Waals surface area contributed by atoms with Gasteiger partial charge in [-0.15, -0.1) is 24.0 Å². The summed E-state index contributed by atoms with van der Waals surface area (Å²) in [7, 11) is 0. The highest BCUT2D eigenvalue weighted by molar-refractivity contribution is 14.0.